The first-order chi connectivity index (χ1) is 16.5. The number of nitrogens with zero attached hydrogens (tertiary/aromatic N) is 7. The van der Waals surface area contributed by atoms with Gasteiger partial charge in [-0.25, -0.2) is 13.9 Å². The highest BCUT2D eigenvalue weighted by Crippen LogP contribution is 2.24. The van der Waals surface area contributed by atoms with Gasteiger partial charge in [0.2, 0.25) is 0 Å². The van der Waals surface area contributed by atoms with Crippen LogP contribution >= 0.6 is 11.6 Å². The van der Waals surface area contributed by atoms with Crippen LogP contribution in [0.15, 0.2) is 42.7 Å². The molecule has 0 spiro atoms. The Hall–Kier alpha value is -3.30. The minimum atomic E-state index is -0.307. The van der Waals surface area contributed by atoms with Crippen molar-refractivity contribution < 1.29 is 9.18 Å². The van der Waals surface area contributed by atoms with E-state index >= 15 is 0 Å². The van der Waals surface area contributed by atoms with Crippen LogP contribution in [0.25, 0.3) is 16.9 Å². The van der Waals surface area contributed by atoms with Crippen molar-refractivity contribution in [3.63, 3.8) is 0 Å². The van der Waals surface area contributed by atoms with Crippen LogP contribution in [0, 0.1) is 12.7 Å². The highest BCUT2D eigenvalue weighted by Gasteiger charge is 2.26. The average Bonchev–Trinajstić information content (AvgIpc) is 3.45. The Morgan fingerprint density at radius 2 is 1.97 bits per heavy atom. The first kappa shape index (κ1) is 22.5. The highest BCUT2D eigenvalue weighted by molar-refractivity contribution is 6.31. The second-order valence-electron chi connectivity index (χ2n) is 8.36. The third-order valence-corrected chi connectivity index (χ3v) is 6.71. The maximum Gasteiger partial charge on any atom is 0.274 e. The zero-order valence-electron chi connectivity index (χ0n) is 19.1. The van der Waals surface area contributed by atoms with Crippen molar-refractivity contribution in [1.82, 2.24) is 34.2 Å². The van der Waals surface area contributed by atoms with Gasteiger partial charge in [-0.15, -0.1) is 0 Å². The quantitative estimate of drug-likeness (QED) is 0.435. The van der Waals surface area contributed by atoms with Gasteiger partial charge >= 0.3 is 0 Å². The average molecular weight is 482 g/mol. The van der Waals surface area contributed by atoms with E-state index in [1.807, 2.05) is 30.8 Å². The smallest absolute Gasteiger partial charge is 0.274 e. The molecular weight excluding hydrogens is 457 g/mol. The predicted octanol–water partition coefficient (Wildman–Crippen LogP) is 3.67. The SMILES string of the molecule is CCn1ncc(-c2ccnc3cc(C(=O)N4CCN(Cc5c(F)cccc5Cl)CC4)nn23)c1C. The van der Waals surface area contributed by atoms with E-state index in [4.69, 9.17) is 11.6 Å². The number of aryl methyl sites for hydroxylation is 1. The van der Waals surface area contributed by atoms with Gasteiger partial charge < -0.3 is 4.90 Å². The second kappa shape index (κ2) is 9.15. The van der Waals surface area contributed by atoms with Gasteiger partial charge in [0.25, 0.3) is 5.91 Å². The third kappa shape index (κ3) is 4.05. The first-order valence-corrected chi connectivity index (χ1v) is 11.7. The van der Waals surface area contributed by atoms with Crippen LogP contribution in [0.4, 0.5) is 4.39 Å². The maximum absolute atomic E-state index is 14.1. The van der Waals surface area contributed by atoms with Gasteiger partial charge in [0.15, 0.2) is 11.3 Å². The molecule has 0 radical (unpaired) electrons. The number of fused-ring (bicyclic) bond motifs is 1. The summed E-state index contributed by atoms with van der Waals surface area (Å²) in [5.41, 5.74) is 4.28. The van der Waals surface area contributed by atoms with Gasteiger partial charge in [-0.1, -0.05) is 17.7 Å². The number of carbonyl (C=O) groups is 1. The third-order valence-electron chi connectivity index (χ3n) is 6.36. The molecule has 3 aromatic heterocycles. The van der Waals surface area contributed by atoms with E-state index < -0.39 is 0 Å². The molecule has 1 aromatic carbocycles. The molecule has 1 aliphatic heterocycles. The monoisotopic (exact) mass is 481 g/mol. The Morgan fingerprint density at radius 1 is 1.18 bits per heavy atom. The highest BCUT2D eigenvalue weighted by atomic mass is 35.5. The molecule has 0 aliphatic carbocycles. The van der Waals surface area contributed by atoms with E-state index in [1.54, 1.807) is 33.8 Å². The summed E-state index contributed by atoms with van der Waals surface area (Å²) in [6.45, 7) is 7.56. The molecule has 0 atom stereocenters. The van der Waals surface area contributed by atoms with Crippen LogP contribution in [-0.4, -0.2) is 66.3 Å². The molecule has 10 heteroatoms. The fourth-order valence-corrected chi connectivity index (χ4v) is 4.62. The van der Waals surface area contributed by atoms with Gasteiger partial charge in [-0.3, -0.25) is 14.4 Å². The number of carbonyl (C=O) groups excluding carboxylic acids is 1. The van der Waals surface area contributed by atoms with Gasteiger partial charge in [0.1, 0.15) is 5.82 Å². The lowest BCUT2D eigenvalue weighted by atomic mass is 10.1. The molecule has 0 N–H and O–H groups in total. The molecule has 176 valence electrons. The van der Waals surface area contributed by atoms with Crippen molar-refractivity contribution in [2.45, 2.75) is 26.9 Å². The van der Waals surface area contributed by atoms with Crippen molar-refractivity contribution in [2.24, 2.45) is 0 Å². The fourth-order valence-electron chi connectivity index (χ4n) is 4.40. The molecule has 1 aliphatic rings. The number of halogens is 2. The number of hydrogen-bond acceptors (Lipinski definition) is 5. The van der Waals surface area contributed by atoms with Gasteiger partial charge in [0.05, 0.1) is 11.9 Å². The van der Waals surface area contributed by atoms with E-state index in [2.05, 4.69) is 20.1 Å². The molecule has 8 nitrogen and oxygen atoms in total. The summed E-state index contributed by atoms with van der Waals surface area (Å²) in [4.78, 5) is 21.5. The standard InChI is InChI=1S/C24H25ClFN7O/c1-3-32-16(2)17(14-28-32)22-7-8-27-23-13-21(29-33(22)23)24(34)31-11-9-30(10-12-31)15-18-19(25)5-4-6-20(18)26/h4-8,13-14H,3,9-12,15H2,1-2H3. The summed E-state index contributed by atoms with van der Waals surface area (Å²) in [6, 6.07) is 8.31. The number of aromatic nitrogens is 5. The molecule has 34 heavy (non-hydrogen) atoms. The zero-order chi connectivity index (χ0) is 23.8. The summed E-state index contributed by atoms with van der Waals surface area (Å²) in [5.74, 6) is -0.445. The summed E-state index contributed by atoms with van der Waals surface area (Å²) >= 11 is 6.17. The predicted molar refractivity (Wildman–Crippen MR) is 127 cm³/mol. The molecule has 0 bridgehead atoms. The van der Waals surface area contributed by atoms with E-state index in [0.29, 0.717) is 54.7 Å². The summed E-state index contributed by atoms with van der Waals surface area (Å²) in [7, 11) is 0. The lowest BCUT2D eigenvalue weighted by Crippen LogP contribution is -2.48. The van der Waals surface area contributed by atoms with Crippen molar-refractivity contribution in [3.8, 4) is 11.3 Å². The van der Waals surface area contributed by atoms with Gasteiger partial charge in [-0.05, 0) is 32.0 Å². The maximum atomic E-state index is 14.1. The van der Waals surface area contributed by atoms with E-state index in [9.17, 15) is 9.18 Å². The van der Waals surface area contributed by atoms with Crippen LogP contribution in [0.5, 0.6) is 0 Å². The number of piperazine rings is 1. The largest absolute Gasteiger partial charge is 0.335 e. The molecule has 4 heterocycles. The zero-order valence-corrected chi connectivity index (χ0v) is 19.8. The topological polar surface area (TPSA) is 71.6 Å². The summed E-state index contributed by atoms with van der Waals surface area (Å²) in [5, 5.41) is 9.44. The van der Waals surface area contributed by atoms with Gasteiger partial charge in [-0.2, -0.15) is 10.2 Å². The molecule has 1 saturated heterocycles. The molecule has 4 aromatic rings. The Bertz CT molecular complexity index is 1340. The number of hydrogen-bond donors (Lipinski definition) is 0. The molecule has 1 fully saturated rings. The van der Waals surface area contributed by atoms with Crippen molar-refractivity contribution >= 4 is 23.2 Å². The summed E-state index contributed by atoms with van der Waals surface area (Å²) in [6.07, 6.45) is 3.54. The Kier molecular flexibility index (Phi) is 6.05. The van der Waals surface area contributed by atoms with Crippen molar-refractivity contribution in [3.05, 3.63) is 70.5 Å². The molecule has 5 rings (SSSR count). The Balaban J connectivity index is 1.32. The minimum absolute atomic E-state index is 0.138. The second-order valence-corrected chi connectivity index (χ2v) is 8.76. The van der Waals surface area contributed by atoms with E-state index in [1.165, 1.54) is 6.07 Å². The number of amides is 1. The van der Waals surface area contributed by atoms with Crippen LogP contribution in [0.3, 0.4) is 0 Å². The van der Waals surface area contributed by atoms with Crippen LogP contribution in [-0.2, 0) is 13.1 Å². The van der Waals surface area contributed by atoms with Crippen LogP contribution in [0.1, 0.15) is 28.7 Å². The Labute approximate surface area is 201 Å². The lowest BCUT2D eigenvalue weighted by molar-refractivity contribution is 0.0621. The fraction of sp³-hybridized carbons (Fsp3) is 0.333. The van der Waals surface area contributed by atoms with Crippen molar-refractivity contribution in [2.75, 3.05) is 26.2 Å². The number of rotatable bonds is 5. The molecule has 0 saturated carbocycles. The molecular formula is C24H25ClFN7O. The van der Waals surface area contributed by atoms with Crippen molar-refractivity contribution in [1.29, 1.82) is 0 Å². The van der Waals surface area contributed by atoms with Gasteiger partial charge in [0, 0.05) is 73.4 Å². The summed E-state index contributed by atoms with van der Waals surface area (Å²) < 4.78 is 17.8. The minimum Gasteiger partial charge on any atom is -0.335 e. The first-order valence-electron chi connectivity index (χ1n) is 11.3. The molecule has 1 amide bonds. The Morgan fingerprint density at radius 3 is 2.68 bits per heavy atom. The molecule has 0 unspecified atom stereocenters. The van der Waals surface area contributed by atoms with Crippen LogP contribution in [0.2, 0.25) is 5.02 Å². The number of benzene rings is 1. The van der Waals surface area contributed by atoms with Crippen LogP contribution < -0.4 is 0 Å². The van der Waals surface area contributed by atoms with E-state index in [0.717, 1.165) is 23.5 Å². The normalized spacial score (nSPS) is 14.8. The van der Waals surface area contributed by atoms with E-state index in [-0.39, 0.29) is 11.7 Å². The lowest BCUT2D eigenvalue weighted by Gasteiger charge is -2.34.